The molecule has 1 atom stereocenters. The van der Waals surface area contributed by atoms with Crippen LogP contribution in [0.1, 0.15) is 0 Å². The standard InChI is InChI=1S/C7H9F5O3/c8-3-6(9,10)15-7(11,12)4-13-1-5-2-14-5/h5H,1-4H2. The van der Waals surface area contributed by atoms with Crippen LogP contribution in [0, 0.1) is 0 Å². The molecule has 1 heterocycles. The Morgan fingerprint density at radius 1 is 1.20 bits per heavy atom. The Labute approximate surface area is 82.1 Å². The summed E-state index contributed by atoms with van der Waals surface area (Å²) in [7, 11) is 0. The highest BCUT2D eigenvalue weighted by molar-refractivity contribution is 4.68. The summed E-state index contributed by atoms with van der Waals surface area (Å²) in [4.78, 5) is 0. The lowest BCUT2D eigenvalue weighted by atomic mass is 10.5. The van der Waals surface area contributed by atoms with Crippen molar-refractivity contribution in [2.45, 2.75) is 18.3 Å². The zero-order chi connectivity index (χ0) is 11.5. The number of hydrogen-bond donors (Lipinski definition) is 0. The average molecular weight is 236 g/mol. The number of rotatable bonds is 7. The van der Waals surface area contributed by atoms with Crippen LogP contribution in [0.25, 0.3) is 0 Å². The van der Waals surface area contributed by atoms with Gasteiger partial charge in [0.05, 0.1) is 13.2 Å². The van der Waals surface area contributed by atoms with Crippen molar-refractivity contribution < 1.29 is 36.2 Å². The van der Waals surface area contributed by atoms with Crippen LogP contribution in [0.4, 0.5) is 22.0 Å². The SMILES string of the molecule is FCC(F)(F)OC(F)(F)COCC1CO1. The molecule has 3 nitrogen and oxygen atoms in total. The van der Waals surface area contributed by atoms with Gasteiger partial charge in [0.15, 0.2) is 6.67 Å². The fourth-order valence-corrected chi connectivity index (χ4v) is 0.749. The second kappa shape index (κ2) is 4.58. The van der Waals surface area contributed by atoms with Crippen LogP contribution >= 0.6 is 0 Å². The molecule has 0 bridgehead atoms. The Balaban J connectivity index is 2.22. The van der Waals surface area contributed by atoms with Gasteiger partial charge in [-0.2, -0.15) is 17.6 Å². The Morgan fingerprint density at radius 2 is 1.80 bits per heavy atom. The second-order valence-electron chi connectivity index (χ2n) is 2.98. The molecule has 1 rings (SSSR count). The number of epoxide rings is 1. The smallest absolute Gasteiger partial charge is 0.371 e. The molecule has 1 aliphatic rings. The molecule has 0 aromatic rings. The average Bonchev–Trinajstić information content (AvgIpc) is 2.86. The van der Waals surface area contributed by atoms with Crippen molar-refractivity contribution in [3.05, 3.63) is 0 Å². The number of halogens is 5. The lowest BCUT2D eigenvalue weighted by Gasteiger charge is -2.21. The first-order valence-electron chi connectivity index (χ1n) is 4.06. The lowest BCUT2D eigenvalue weighted by Crippen LogP contribution is -2.38. The van der Waals surface area contributed by atoms with Gasteiger partial charge >= 0.3 is 12.2 Å². The van der Waals surface area contributed by atoms with Crippen molar-refractivity contribution in [2.24, 2.45) is 0 Å². The van der Waals surface area contributed by atoms with E-state index in [2.05, 4.69) is 14.2 Å². The first-order valence-corrected chi connectivity index (χ1v) is 4.06. The van der Waals surface area contributed by atoms with Crippen LogP contribution in [0.5, 0.6) is 0 Å². The maximum Gasteiger partial charge on any atom is 0.388 e. The Hall–Kier alpha value is -0.470. The van der Waals surface area contributed by atoms with Crippen molar-refractivity contribution in [3.8, 4) is 0 Å². The molecule has 0 amide bonds. The minimum Gasteiger partial charge on any atom is -0.371 e. The molecule has 1 aliphatic heterocycles. The van der Waals surface area contributed by atoms with E-state index in [1.54, 1.807) is 0 Å². The Bertz CT molecular complexity index is 207. The van der Waals surface area contributed by atoms with E-state index in [0.717, 1.165) is 0 Å². The van der Waals surface area contributed by atoms with E-state index in [-0.39, 0.29) is 12.7 Å². The topological polar surface area (TPSA) is 31.0 Å². The number of ether oxygens (including phenoxy) is 3. The van der Waals surface area contributed by atoms with E-state index in [0.29, 0.717) is 6.61 Å². The van der Waals surface area contributed by atoms with Gasteiger partial charge in [0.2, 0.25) is 0 Å². The minimum absolute atomic E-state index is 0.125. The van der Waals surface area contributed by atoms with Gasteiger partial charge in [0.1, 0.15) is 12.7 Å². The molecule has 1 saturated heterocycles. The highest BCUT2D eigenvalue weighted by Crippen LogP contribution is 2.27. The van der Waals surface area contributed by atoms with E-state index in [4.69, 9.17) is 0 Å². The van der Waals surface area contributed by atoms with Gasteiger partial charge in [-0.25, -0.2) is 4.39 Å². The zero-order valence-electron chi connectivity index (χ0n) is 7.52. The third-order valence-corrected chi connectivity index (χ3v) is 1.43. The Morgan fingerprint density at radius 3 is 2.27 bits per heavy atom. The summed E-state index contributed by atoms with van der Waals surface area (Å²) < 4.78 is 72.7. The molecule has 1 fully saturated rings. The monoisotopic (exact) mass is 236 g/mol. The van der Waals surface area contributed by atoms with Crippen LogP contribution < -0.4 is 0 Å². The van der Waals surface area contributed by atoms with Crippen molar-refractivity contribution >= 4 is 0 Å². The molecule has 15 heavy (non-hydrogen) atoms. The molecule has 0 spiro atoms. The van der Waals surface area contributed by atoms with Crippen LogP contribution in [0.3, 0.4) is 0 Å². The summed E-state index contributed by atoms with van der Waals surface area (Å²) in [6.07, 6.45) is -8.98. The second-order valence-corrected chi connectivity index (χ2v) is 2.98. The van der Waals surface area contributed by atoms with Gasteiger partial charge < -0.3 is 9.47 Å². The van der Waals surface area contributed by atoms with Crippen molar-refractivity contribution in [2.75, 3.05) is 26.5 Å². The van der Waals surface area contributed by atoms with Crippen molar-refractivity contribution in [1.29, 1.82) is 0 Å². The Kier molecular flexibility index (Phi) is 3.85. The molecule has 1 unspecified atom stereocenters. The van der Waals surface area contributed by atoms with E-state index in [1.807, 2.05) is 0 Å². The highest BCUT2D eigenvalue weighted by atomic mass is 19.3. The third kappa shape index (κ3) is 5.24. The first kappa shape index (κ1) is 12.6. The normalized spacial score (nSPS) is 21.8. The largest absolute Gasteiger partial charge is 0.388 e. The van der Waals surface area contributed by atoms with Crippen LogP contribution in [0.2, 0.25) is 0 Å². The van der Waals surface area contributed by atoms with E-state index < -0.39 is 25.5 Å². The molecular formula is C7H9F5O3. The predicted molar refractivity (Wildman–Crippen MR) is 37.5 cm³/mol. The molecule has 8 heteroatoms. The molecule has 0 radical (unpaired) electrons. The highest BCUT2D eigenvalue weighted by Gasteiger charge is 2.44. The minimum atomic E-state index is -4.50. The summed E-state index contributed by atoms with van der Waals surface area (Å²) >= 11 is 0. The van der Waals surface area contributed by atoms with Crippen LogP contribution in [-0.4, -0.2) is 44.8 Å². The zero-order valence-corrected chi connectivity index (χ0v) is 7.52. The molecule has 0 aromatic carbocycles. The summed E-state index contributed by atoms with van der Waals surface area (Å²) in [6, 6.07) is 0. The summed E-state index contributed by atoms with van der Waals surface area (Å²) in [5, 5.41) is 0. The molecule has 0 N–H and O–H groups in total. The first-order chi connectivity index (χ1) is 6.85. The fourth-order valence-electron chi connectivity index (χ4n) is 0.749. The van der Waals surface area contributed by atoms with Gasteiger partial charge in [0, 0.05) is 0 Å². The fraction of sp³-hybridized carbons (Fsp3) is 1.00. The van der Waals surface area contributed by atoms with Gasteiger partial charge in [-0.05, 0) is 0 Å². The van der Waals surface area contributed by atoms with Gasteiger partial charge in [-0.3, -0.25) is 4.74 Å². The van der Waals surface area contributed by atoms with Gasteiger partial charge in [-0.1, -0.05) is 0 Å². The van der Waals surface area contributed by atoms with Crippen LogP contribution in [-0.2, 0) is 14.2 Å². The maximum atomic E-state index is 12.5. The third-order valence-electron chi connectivity index (χ3n) is 1.43. The van der Waals surface area contributed by atoms with Crippen molar-refractivity contribution in [1.82, 2.24) is 0 Å². The summed E-state index contributed by atoms with van der Waals surface area (Å²) in [5.74, 6) is 0. The van der Waals surface area contributed by atoms with E-state index >= 15 is 0 Å². The quantitative estimate of drug-likeness (QED) is 0.496. The van der Waals surface area contributed by atoms with E-state index in [1.165, 1.54) is 0 Å². The summed E-state index contributed by atoms with van der Waals surface area (Å²) in [5.41, 5.74) is 0. The van der Waals surface area contributed by atoms with Gasteiger partial charge in [-0.15, -0.1) is 0 Å². The van der Waals surface area contributed by atoms with Gasteiger partial charge in [0.25, 0.3) is 0 Å². The predicted octanol–water partition coefficient (Wildman–Crippen LogP) is 1.57. The lowest BCUT2D eigenvalue weighted by molar-refractivity contribution is -0.387. The van der Waals surface area contributed by atoms with Crippen LogP contribution in [0.15, 0.2) is 0 Å². The number of alkyl halides is 5. The maximum absolute atomic E-state index is 12.5. The molecular weight excluding hydrogens is 227 g/mol. The molecule has 0 aromatic heterocycles. The molecule has 90 valence electrons. The number of hydrogen-bond acceptors (Lipinski definition) is 3. The molecule has 0 saturated carbocycles. The summed E-state index contributed by atoms with van der Waals surface area (Å²) in [6.45, 7) is -3.40. The molecule has 0 aliphatic carbocycles. The van der Waals surface area contributed by atoms with E-state index in [9.17, 15) is 22.0 Å². The van der Waals surface area contributed by atoms with Crippen molar-refractivity contribution in [3.63, 3.8) is 0 Å².